The van der Waals surface area contributed by atoms with E-state index in [9.17, 15) is 4.79 Å². The van der Waals surface area contributed by atoms with Crippen molar-refractivity contribution in [2.45, 2.75) is 25.8 Å². The van der Waals surface area contributed by atoms with Gasteiger partial charge in [-0.2, -0.15) is 0 Å². The van der Waals surface area contributed by atoms with E-state index in [0.29, 0.717) is 23.1 Å². The molecule has 0 aromatic carbocycles. The molecule has 0 radical (unpaired) electrons. The highest BCUT2D eigenvalue weighted by molar-refractivity contribution is 9.10. The molecule has 5 nitrogen and oxygen atoms in total. The Labute approximate surface area is 141 Å². The van der Waals surface area contributed by atoms with E-state index in [4.69, 9.17) is 11.6 Å². The Morgan fingerprint density at radius 2 is 2.18 bits per heavy atom. The van der Waals surface area contributed by atoms with E-state index >= 15 is 0 Å². The van der Waals surface area contributed by atoms with Gasteiger partial charge < -0.3 is 10.6 Å². The molecule has 1 aliphatic carbocycles. The van der Waals surface area contributed by atoms with E-state index in [0.717, 1.165) is 22.9 Å². The number of nitrogens with one attached hydrogen (secondary N) is 2. The molecule has 1 saturated carbocycles. The van der Waals surface area contributed by atoms with Crippen LogP contribution in [0.3, 0.4) is 0 Å². The maximum Gasteiger partial charge on any atom is 0.259 e. The lowest BCUT2D eigenvalue weighted by Crippen LogP contribution is -2.17. The average molecular weight is 382 g/mol. The topological polar surface area (TPSA) is 66.9 Å². The summed E-state index contributed by atoms with van der Waals surface area (Å²) in [4.78, 5) is 20.9. The van der Waals surface area contributed by atoms with Crippen LogP contribution in [0.15, 0.2) is 29.0 Å². The highest BCUT2D eigenvalue weighted by Gasteiger charge is 2.24. The van der Waals surface area contributed by atoms with Crippen molar-refractivity contribution in [1.82, 2.24) is 9.97 Å². The van der Waals surface area contributed by atoms with Gasteiger partial charge in [0.25, 0.3) is 5.91 Å². The zero-order valence-electron chi connectivity index (χ0n) is 11.9. The number of anilines is 2. The lowest BCUT2D eigenvalue weighted by atomic mass is 10.2. The van der Waals surface area contributed by atoms with Crippen LogP contribution >= 0.6 is 27.5 Å². The first kappa shape index (κ1) is 15.2. The normalized spacial score (nSPS) is 13.8. The molecule has 2 aromatic heterocycles. The van der Waals surface area contributed by atoms with Gasteiger partial charge in [0.2, 0.25) is 0 Å². The molecule has 0 bridgehead atoms. The molecular weight excluding hydrogens is 368 g/mol. The first-order valence-electron chi connectivity index (χ1n) is 6.89. The van der Waals surface area contributed by atoms with E-state index in [1.54, 1.807) is 24.5 Å². The fourth-order valence-corrected chi connectivity index (χ4v) is 2.59. The van der Waals surface area contributed by atoms with Crippen molar-refractivity contribution in [3.8, 4) is 0 Å². The number of aromatic nitrogens is 2. The van der Waals surface area contributed by atoms with Crippen LogP contribution in [-0.4, -0.2) is 21.9 Å². The van der Waals surface area contributed by atoms with Crippen LogP contribution in [0.5, 0.6) is 0 Å². The van der Waals surface area contributed by atoms with Crippen molar-refractivity contribution in [1.29, 1.82) is 0 Å². The fraction of sp³-hybridized carbons (Fsp3) is 0.267. The third kappa shape index (κ3) is 3.39. The van der Waals surface area contributed by atoms with Crippen molar-refractivity contribution in [3.05, 3.63) is 45.3 Å². The Kier molecular flexibility index (Phi) is 4.31. The lowest BCUT2D eigenvalue weighted by Gasteiger charge is -2.13. The van der Waals surface area contributed by atoms with E-state index < -0.39 is 0 Å². The largest absolute Gasteiger partial charge is 0.367 e. The number of nitrogens with zero attached hydrogens (tertiary/aromatic N) is 2. The number of halogens is 2. The van der Waals surface area contributed by atoms with Crippen LogP contribution in [-0.2, 0) is 0 Å². The van der Waals surface area contributed by atoms with Crippen LogP contribution in [0.1, 0.15) is 28.8 Å². The van der Waals surface area contributed by atoms with Gasteiger partial charge in [0.1, 0.15) is 5.82 Å². The summed E-state index contributed by atoms with van der Waals surface area (Å²) in [6.45, 7) is 1.87. The van der Waals surface area contributed by atoms with Crippen LogP contribution < -0.4 is 10.6 Å². The zero-order valence-corrected chi connectivity index (χ0v) is 14.2. The first-order chi connectivity index (χ1) is 10.5. The van der Waals surface area contributed by atoms with Gasteiger partial charge in [0, 0.05) is 22.9 Å². The smallest absolute Gasteiger partial charge is 0.259 e. The fourth-order valence-electron chi connectivity index (χ4n) is 2.00. The second-order valence-corrected chi connectivity index (χ2v) is 6.49. The highest BCUT2D eigenvalue weighted by Crippen LogP contribution is 2.28. The Morgan fingerprint density at radius 1 is 1.41 bits per heavy atom. The van der Waals surface area contributed by atoms with Crippen molar-refractivity contribution < 1.29 is 4.79 Å². The SMILES string of the molecule is Cc1ccnc(Cl)c1NC(=O)c1cc(Br)cnc1NC1CC1. The minimum absolute atomic E-state index is 0.269. The molecule has 2 heterocycles. The van der Waals surface area contributed by atoms with Crippen molar-refractivity contribution in [2.24, 2.45) is 0 Å². The second kappa shape index (κ2) is 6.22. The minimum Gasteiger partial charge on any atom is -0.367 e. The molecule has 0 saturated heterocycles. The second-order valence-electron chi connectivity index (χ2n) is 5.22. The molecule has 0 spiro atoms. The summed E-state index contributed by atoms with van der Waals surface area (Å²) in [5.74, 6) is 0.316. The Bertz CT molecular complexity index is 713. The van der Waals surface area contributed by atoms with Gasteiger partial charge in [0.05, 0.1) is 11.3 Å². The molecule has 7 heteroatoms. The maximum absolute atomic E-state index is 12.6. The van der Waals surface area contributed by atoms with Gasteiger partial charge in [-0.3, -0.25) is 4.79 Å². The molecule has 1 fully saturated rings. The quantitative estimate of drug-likeness (QED) is 0.785. The van der Waals surface area contributed by atoms with Gasteiger partial charge >= 0.3 is 0 Å². The highest BCUT2D eigenvalue weighted by atomic mass is 79.9. The number of pyridine rings is 2. The third-order valence-electron chi connectivity index (χ3n) is 3.37. The van der Waals surface area contributed by atoms with E-state index in [1.165, 1.54) is 0 Å². The van der Waals surface area contributed by atoms with Crippen molar-refractivity contribution >= 4 is 44.9 Å². The summed E-state index contributed by atoms with van der Waals surface area (Å²) in [5, 5.41) is 6.36. The summed E-state index contributed by atoms with van der Waals surface area (Å²) in [6.07, 6.45) is 5.48. The van der Waals surface area contributed by atoms with Crippen molar-refractivity contribution in [2.75, 3.05) is 10.6 Å². The van der Waals surface area contributed by atoms with Gasteiger partial charge in [-0.25, -0.2) is 9.97 Å². The lowest BCUT2D eigenvalue weighted by molar-refractivity contribution is 0.102. The average Bonchev–Trinajstić information content (AvgIpc) is 3.29. The number of aryl methyl sites for hydroxylation is 1. The molecule has 1 aliphatic rings. The predicted octanol–water partition coefficient (Wildman–Crippen LogP) is 4.03. The number of amides is 1. The molecule has 22 heavy (non-hydrogen) atoms. The zero-order chi connectivity index (χ0) is 15.7. The van der Waals surface area contributed by atoms with Gasteiger partial charge in [-0.15, -0.1) is 0 Å². The van der Waals surface area contributed by atoms with E-state index in [1.807, 2.05) is 6.92 Å². The molecule has 0 unspecified atom stereocenters. The first-order valence-corrected chi connectivity index (χ1v) is 8.06. The molecule has 0 aliphatic heterocycles. The van der Waals surface area contributed by atoms with Gasteiger partial charge in [-0.05, 0) is 53.4 Å². The molecular formula is C15H14BrClN4O. The molecule has 2 N–H and O–H groups in total. The van der Waals surface area contributed by atoms with Crippen LogP contribution in [0.2, 0.25) is 5.15 Å². The van der Waals surface area contributed by atoms with Crippen molar-refractivity contribution in [3.63, 3.8) is 0 Å². The summed E-state index contributed by atoms with van der Waals surface area (Å²) in [6, 6.07) is 3.94. The number of carbonyl (C=O) groups is 1. The molecule has 0 atom stereocenters. The summed E-state index contributed by atoms with van der Waals surface area (Å²) in [7, 11) is 0. The maximum atomic E-state index is 12.6. The summed E-state index contributed by atoms with van der Waals surface area (Å²) >= 11 is 9.41. The number of hydrogen-bond donors (Lipinski definition) is 2. The van der Waals surface area contributed by atoms with Gasteiger partial charge in [-0.1, -0.05) is 11.6 Å². The molecule has 3 rings (SSSR count). The van der Waals surface area contributed by atoms with Gasteiger partial charge in [0.15, 0.2) is 5.15 Å². The molecule has 114 valence electrons. The Hall–Kier alpha value is -1.66. The number of rotatable bonds is 4. The Balaban J connectivity index is 1.89. The van der Waals surface area contributed by atoms with Crippen LogP contribution in [0.25, 0.3) is 0 Å². The minimum atomic E-state index is -0.269. The van der Waals surface area contributed by atoms with E-state index in [2.05, 4.69) is 36.5 Å². The van der Waals surface area contributed by atoms with Crippen LogP contribution in [0.4, 0.5) is 11.5 Å². The summed E-state index contributed by atoms with van der Waals surface area (Å²) in [5.41, 5.74) is 1.85. The van der Waals surface area contributed by atoms with E-state index in [-0.39, 0.29) is 11.1 Å². The number of hydrogen-bond acceptors (Lipinski definition) is 4. The Morgan fingerprint density at radius 3 is 2.86 bits per heavy atom. The third-order valence-corrected chi connectivity index (χ3v) is 4.09. The van der Waals surface area contributed by atoms with Crippen LogP contribution in [0, 0.1) is 6.92 Å². The predicted molar refractivity (Wildman–Crippen MR) is 90.5 cm³/mol. The summed E-state index contributed by atoms with van der Waals surface area (Å²) < 4.78 is 0.744. The number of carbonyl (C=O) groups excluding carboxylic acids is 1. The molecule has 2 aromatic rings. The monoisotopic (exact) mass is 380 g/mol. The standard InChI is InChI=1S/C15H14BrClN4O/c1-8-4-5-18-13(17)12(8)21-15(22)11-6-9(16)7-19-14(11)20-10-2-3-10/h4-7,10H,2-3H2,1H3,(H,19,20)(H,21,22). The molecule has 1 amide bonds.